The number of carbonyl (C=O) groups is 1. The summed E-state index contributed by atoms with van der Waals surface area (Å²) in [6.07, 6.45) is 3.17. The van der Waals surface area contributed by atoms with Gasteiger partial charge in [0.1, 0.15) is 18.2 Å². The minimum Gasteiger partial charge on any atom is -0.370 e. The van der Waals surface area contributed by atoms with E-state index >= 15 is 0 Å². The molecule has 1 amide bonds. The molecule has 0 bridgehead atoms. The molecule has 180 valence electrons. The summed E-state index contributed by atoms with van der Waals surface area (Å²) in [5, 5.41) is 20.4. The normalized spacial score (nSPS) is 20.3. The molecule has 5 rings (SSSR count). The van der Waals surface area contributed by atoms with Gasteiger partial charge in [0.25, 0.3) is 0 Å². The summed E-state index contributed by atoms with van der Waals surface area (Å²) >= 11 is 0. The zero-order valence-electron chi connectivity index (χ0n) is 19.6. The first-order valence-electron chi connectivity index (χ1n) is 11.5. The van der Waals surface area contributed by atoms with Crippen molar-refractivity contribution in [2.45, 2.75) is 32.4 Å². The number of benzene rings is 1. The Morgan fingerprint density at radius 1 is 1.29 bits per heavy atom. The van der Waals surface area contributed by atoms with Crippen molar-refractivity contribution in [2.24, 2.45) is 0 Å². The van der Waals surface area contributed by atoms with Gasteiger partial charge in [-0.1, -0.05) is 12.1 Å². The molecule has 1 aromatic carbocycles. The number of hydrogen-bond donors (Lipinski definition) is 0. The van der Waals surface area contributed by atoms with Crippen molar-refractivity contribution in [3.63, 3.8) is 0 Å². The standard InChI is InChI=1S/C24H25FN8O2/c1-15-7-19(16(2)20(9-26)24(15)25)21-12-31-5-6-32(11-18(31)13-35-21)23(34)8-17-3-4-22(27-10-17)33-14-28-29-30-33/h3-4,7,10,14,18,21H,5-6,8,11-13H2,1-2H3/t18-,21+/m1/s1. The van der Waals surface area contributed by atoms with Crippen LogP contribution < -0.4 is 0 Å². The highest BCUT2D eigenvalue weighted by Crippen LogP contribution is 2.32. The molecule has 2 fully saturated rings. The number of piperazine rings is 1. The summed E-state index contributed by atoms with van der Waals surface area (Å²) in [6.45, 7) is 6.50. The molecule has 0 saturated carbocycles. The lowest BCUT2D eigenvalue weighted by Gasteiger charge is -2.46. The molecule has 0 radical (unpaired) electrons. The molecule has 2 atom stereocenters. The van der Waals surface area contributed by atoms with Gasteiger partial charge in [0.2, 0.25) is 5.91 Å². The van der Waals surface area contributed by atoms with Crippen molar-refractivity contribution < 1.29 is 13.9 Å². The van der Waals surface area contributed by atoms with Gasteiger partial charge in [-0.3, -0.25) is 9.69 Å². The van der Waals surface area contributed by atoms with Gasteiger partial charge in [-0.05, 0) is 52.6 Å². The summed E-state index contributed by atoms with van der Waals surface area (Å²) in [5.41, 5.74) is 2.85. The molecular weight excluding hydrogens is 451 g/mol. The first kappa shape index (κ1) is 23.0. The second-order valence-electron chi connectivity index (χ2n) is 8.97. The van der Waals surface area contributed by atoms with Crippen molar-refractivity contribution in [1.82, 2.24) is 35.0 Å². The first-order valence-corrected chi connectivity index (χ1v) is 11.5. The maximum absolute atomic E-state index is 14.3. The fourth-order valence-corrected chi connectivity index (χ4v) is 4.79. The zero-order valence-corrected chi connectivity index (χ0v) is 19.6. The Balaban J connectivity index is 1.20. The smallest absolute Gasteiger partial charge is 0.227 e. The molecule has 0 aliphatic carbocycles. The largest absolute Gasteiger partial charge is 0.370 e. The van der Waals surface area contributed by atoms with E-state index in [2.05, 4.69) is 25.4 Å². The van der Waals surface area contributed by atoms with Crippen LogP contribution in [0.25, 0.3) is 5.82 Å². The second-order valence-corrected chi connectivity index (χ2v) is 8.97. The van der Waals surface area contributed by atoms with Crippen molar-refractivity contribution in [3.8, 4) is 11.9 Å². The van der Waals surface area contributed by atoms with E-state index in [1.54, 1.807) is 32.2 Å². The number of nitriles is 1. The molecule has 0 spiro atoms. The molecule has 11 heteroatoms. The number of carbonyl (C=O) groups excluding carboxylic acids is 1. The van der Waals surface area contributed by atoms with Gasteiger partial charge >= 0.3 is 0 Å². The Morgan fingerprint density at radius 2 is 2.14 bits per heavy atom. The van der Waals surface area contributed by atoms with Gasteiger partial charge < -0.3 is 9.64 Å². The van der Waals surface area contributed by atoms with Crippen molar-refractivity contribution in [1.29, 1.82) is 5.26 Å². The van der Waals surface area contributed by atoms with Crippen LogP contribution in [-0.4, -0.2) is 79.7 Å². The Morgan fingerprint density at radius 3 is 2.86 bits per heavy atom. The number of ether oxygens (including phenoxy) is 1. The van der Waals surface area contributed by atoms with E-state index in [-0.39, 0.29) is 30.0 Å². The van der Waals surface area contributed by atoms with Crippen LogP contribution in [0.1, 0.15) is 33.9 Å². The Hall–Kier alpha value is -3.75. The topological polar surface area (TPSA) is 113 Å². The van der Waals surface area contributed by atoms with E-state index in [0.29, 0.717) is 43.2 Å². The highest BCUT2D eigenvalue weighted by molar-refractivity contribution is 5.79. The number of aryl methyl sites for hydroxylation is 1. The van der Waals surface area contributed by atoms with Crippen LogP contribution in [0, 0.1) is 31.0 Å². The number of rotatable bonds is 4. The van der Waals surface area contributed by atoms with Gasteiger partial charge in [-0.25, -0.2) is 9.37 Å². The maximum atomic E-state index is 14.3. The number of halogens is 1. The van der Waals surface area contributed by atoms with E-state index in [4.69, 9.17) is 4.74 Å². The molecular formula is C24H25FN8O2. The van der Waals surface area contributed by atoms with Crippen LogP contribution in [-0.2, 0) is 16.0 Å². The van der Waals surface area contributed by atoms with Gasteiger partial charge in [0, 0.05) is 32.4 Å². The van der Waals surface area contributed by atoms with Crippen LogP contribution in [0.15, 0.2) is 30.7 Å². The molecule has 0 unspecified atom stereocenters. The van der Waals surface area contributed by atoms with Crippen LogP contribution in [0.2, 0.25) is 0 Å². The number of hydrogen-bond acceptors (Lipinski definition) is 8. The molecule has 2 aliphatic heterocycles. The lowest BCUT2D eigenvalue weighted by atomic mass is 9.93. The maximum Gasteiger partial charge on any atom is 0.227 e. The Bertz CT molecular complexity index is 1270. The van der Waals surface area contributed by atoms with Crippen LogP contribution in [0.4, 0.5) is 4.39 Å². The van der Waals surface area contributed by atoms with Crippen LogP contribution >= 0.6 is 0 Å². The summed E-state index contributed by atoms with van der Waals surface area (Å²) in [6, 6.07) is 7.51. The average molecular weight is 477 g/mol. The molecule has 4 heterocycles. The summed E-state index contributed by atoms with van der Waals surface area (Å²) < 4.78 is 21.9. The summed E-state index contributed by atoms with van der Waals surface area (Å²) in [4.78, 5) is 21.5. The van der Waals surface area contributed by atoms with E-state index in [1.807, 2.05) is 17.0 Å². The third-order valence-electron chi connectivity index (χ3n) is 6.80. The monoisotopic (exact) mass is 476 g/mol. The van der Waals surface area contributed by atoms with Gasteiger partial charge in [0.05, 0.1) is 30.7 Å². The highest BCUT2D eigenvalue weighted by atomic mass is 19.1. The Kier molecular flexibility index (Phi) is 6.23. The van der Waals surface area contributed by atoms with E-state index < -0.39 is 5.82 Å². The molecule has 35 heavy (non-hydrogen) atoms. The number of nitrogens with zero attached hydrogens (tertiary/aromatic N) is 8. The SMILES string of the molecule is Cc1cc([C@@H]2CN3CCN(C(=O)Cc4ccc(-n5cnnn5)nc4)C[C@@H]3CO2)c(C)c(C#N)c1F. The number of amides is 1. The van der Waals surface area contributed by atoms with E-state index in [0.717, 1.165) is 17.7 Å². The van der Waals surface area contributed by atoms with Crippen molar-refractivity contribution >= 4 is 5.91 Å². The third-order valence-corrected chi connectivity index (χ3v) is 6.80. The van der Waals surface area contributed by atoms with E-state index in [1.165, 1.54) is 11.0 Å². The highest BCUT2D eigenvalue weighted by Gasteiger charge is 2.36. The number of pyridine rings is 1. The predicted octanol–water partition coefficient (Wildman–Crippen LogP) is 1.51. The first-order chi connectivity index (χ1) is 16.9. The van der Waals surface area contributed by atoms with Crippen LogP contribution in [0.5, 0.6) is 0 Å². The molecule has 2 aliphatic rings. The van der Waals surface area contributed by atoms with Gasteiger partial charge in [-0.15, -0.1) is 5.10 Å². The number of fused-ring (bicyclic) bond motifs is 1. The minimum absolute atomic E-state index is 0.0485. The lowest BCUT2D eigenvalue weighted by molar-refractivity contribution is -0.139. The van der Waals surface area contributed by atoms with Gasteiger partial charge in [0.15, 0.2) is 5.82 Å². The summed E-state index contributed by atoms with van der Waals surface area (Å²) in [7, 11) is 0. The summed E-state index contributed by atoms with van der Waals surface area (Å²) in [5.74, 6) is 0.171. The fourth-order valence-electron chi connectivity index (χ4n) is 4.79. The number of tetrazole rings is 1. The lowest BCUT2D eigenvalue weighted by Crippen LogP contribution is -2.59. The quantitative estimate of drug-likeness (QED) is 0.557. The fraction of sp³-hybridized carbons (Fsp3) is 0.417. The molecule has 10 nitrogen and oxygen atoms in total. The molecule has 0 N–H and O–H groups in total. The zero-order chi connectivity index (χ0) is 24.5. The number of aromatic nitrogens is 5. The Labute approximate surface area is 201 Å². The minimum atomic E-state index is -0.463. The average Bonchev–Trinajstić information content (AvgIpc) is 3.41. The van der Waals surface area contributed by atoms with Crippen molar-refractivity contribution in [2.75, 3.05) is 32.8 Å². The van der Waals surface area contributed by atoms with Crippen LogP contribution in [0.3, 0.4) is 0 Å². The molecule has 3 aromatic rings. The van der Waals surface area contributed by atoms with Gasteiger partial charge in [-0.2, -0.15) is 9.94 Å². The predicted molar refractivity (Wildman–Crippen MR) is 122 cm³/mol. The number of morpholine rings is 1. The van der Waals surface area contributed by atoms with E-state index in [9.17, 15) is 14.4 Å². The molecule has 2 aromatic heterocycles. The second kappa shape index (κ2) is 9.48. The molecule has 2 saturated heterocycles. The van der Waals surface area contributed by atoms with Crippen molar-refractivity contribution in [3.05, 3.63) is 64.4 Å². The third kappa shape index (κ3) is 4.50.